The molecular weight excluding hydrogens is 418 g/mol. The average Bonchev–Trinajstić information content (AvgIpc) is 3.27. The highest BCUT2D eigenvalue weighted by Gasteiger charge is 2.26. The smallest absolute Gasteiger partial charge is 0.276 e. The molecule has 1 saturated heterocycles. The zero-order valence-electron chi connectivity index (χ0n) is 18.3. The highest BCUT2D eigenvalue weighted by Crippen LogP contribution is 2.29. The maximum Gasteiger partial charge on any atom is 0.276 e. The van der Waals surface area contributed by atoms with Gasteiger partial charge < -0.3 is 9.64 Å². The SMILES string of the molecule is Cc1ccc(N2CCCC2=O)c(C(=O)NNC(=O)COc2ccccc2-c2ccccc2)c1. The fourth-order valence-corrected chi connectivity index (χ4v) is 3.79. The maximum absolute atomic E-state index is 12.8. The van der Waals surface area contributed by atoms with Crippen molar-refractivity contribution in [3.8, 4) is 16.9 Å². The Morgan fingerprint density at radius 1 is 0.970 bits per heavy atom. The summed E-state index contributed by atoms with van der Waals surface area (Å²) in [6.07, 6.45) is 1.22. The van der Waals surface area contributed by atoms with Gasteiger partial charge in [0.05, 0.1) is 11.3 Å². The Labute approximate surface area is 192 Å². The monoisotopic (exact) mass is 443 g/mol. The second kappa shape index (κ2) is 9.99. The summed E-state index contributed by atoms with van der Waals surface area (Å²) in [5.41, 5.74) is 8.43. The second-order valence-electron chi connectivity index (χ2n) is 7.82. The highest BCUT2D eigenvalue weighted by molar-refractivity contribution is 6.06. The number of carbonyl (C=O) groups excluding carboxylic acids is 3. The van der Waals surface area contributed by atoms with Crippen molar-refractivity contribution < 1.29 is 19.1 Å². The van der Waals surface area contributed by atoms with Crippen molar-refractivity contribution in [2.75, 3.05) is 18.1 Å². The van der Waals surface area contributed by atoms with Gasteiger partial charge in [-0.15, -0.1) is 0 Å². The molecule has 4 rings (SSSR count). The largest absolute Gasteiger partial charge is 0.483 e. The molecule has 0 atom stereocenters. The van der Waals surface area contributed by atoms with E-state index >= 15 is 0 Å². The quantitative estimate of drug-likeness (QED) is 0.570. The lowest BCUT2D eigenvalue weighted by Gasteiger charge is -2.20. The van der Waals surface area contributed by atoms with Crippen LogP contribution in [-0.4, -0.2) is 30.9 Å². The third-order valence-corrected chi connectivity index (χ3v) is 5.41. The maximum atomic E-state index is 12.8. The molecule has 0 aromatic heterocycles. The van der Waals surface area contributed by atoms with Gasteiger partial charge in [0.15, 0.2) is 6.61 Å². The number of rotatable bonds is 6. The Kier molecular flexibility index (Phi) is 6.69. The normalized spacial score (nSPS) is 13.0. The number of carbonyl (C=O) groups is 3. The molecule has 7 nitrogen and oxygen atoms in total. The number of anilines is 1. The standard InChI is InChI=1S/C26H25N3O4/c1-18-13-14-22(29-15-7-12-25(29)31)21(16-18)26(32)28-27-24(30)17-33-23-11-6-5-10-20(23)19-8-3-2-4-9-19/h2-6,8-11,13-14,16H,7,12,15,17H2,1H3,(H,27,30)(H,28,32). The van der Waals surface area contributed by atoms with Gasteiger partial charge in [-0.25, -0.2) is 0 Å². The molecule has 0 bridgehead atoms. The molecule has 0 spiro atoms. The summed E-state index contributed by atoms with van der Waals surface area (Å²) in [6.45, 7) is 2.17. The van der Waals surface area contributed by atoms with Crippen molar-refractivity contribution in [3.63, 3.8) is 0 Å². The number of nitrogens with one attached hydrogen (secondary N) is 2. The Morgan fingerprint density at radius 2 is 1.73 bits per heavy atom. The van der Waals surface area contributed by atoms with E-state index < -0.39 is 11.8 Å². The third-order valence-electron chi connectivity index (χ3n) is 5.41. The number of para-hydroxylation sites is 1. The van der Waals surface area contributed by atoms with Crippen LogP contribution in [0, 0.1) is 6.92 Å². The molecule has 1 heterocycles. The van der Waals surface area contributed by atoms with E-state index in [9.17, 15) is 14.4 Å². The topological polar surface area (TPSA) is 87.7 Å². The molecule has 1 fully saturated rings. The van der Waals surface area contributed by atoms with Crippen LogP contribution in [-0.2, 0) is 9.59 Å². The molecule has 0 saturated carbocycles. The zero-order chi connectivity index (χ0) is 23.2. The predicted octanol–water partition coefficient (Wildman–Crippen LogP) is 3.63. The summed E-state index contributed by atoms with van der Waals surface area (Å²) in [5, 5.41) is 0. The van der Waals surface area contributed by atoms with Crippen LogP contribution < -0.4 is 20.5 Å². The Morgan fingerprint density at radius 3 is 2.48 bits per heavy atom. The minimum atomic E-state index is -0.502. The van der Waals surface area contributed by atoms with Crippen molar-refractivity contribution >= 4 is 23.4 Å². The Hall–Kier alpha value is -4.13. The number of benzene rings is 3. The molecule has 7 heteroatoms. The van der Waals surface area contributed by atoms with E-state index in [1.165, 1.54) is 0 Å². The molecule has 0 unspecified atom stereocenters. The van der Waals surface area contributed by atoms with Crippen LogP contribution in [0.1, 0.15) is 28.8 Å². The lowest BCUT2D eigenvalue weighted by Crippen LogP contribution is -2.44. The first-order valence-electron chi connectivity index (χ1n) is 10.8. The molecule has 3 aromatic rings. The lowest BCUT2D eigenvalue weighted by molar-refractivity contribution is -0.123. The number of hydrogen-bond donors (Lipinski definition) is 2. The van der Waals surface area contributed by atoms with E-state index in [1.807, 2.05) is 61.5 Å². The van der Waals surface area contributed by atoms with Crippen LogP contribution in [0.15, 0.2) is 72.8 Å². The first kappa shape index (κ1) is 22.1. The van der Waals surface area contributed by atoms with Gasteiger partial charge in [-0.05, 0) is 37.1 Å². The van der Waals surface area contributed by atoms with Crippen LogP contribution >= 0.6 is 0 Å². The van der Waals surface area contributed by atoms with Crippen LogP contribution in [0.3, 0.4) is 0 Å². The van der Waals surface area contributed by atoms with E-state index in [4.69, 9.17) is 4.74 Å². The fourth-order valence-electron chi connectivity index (χ4n) is 3.79. The number of amides is 3. The number of hydrogen-bond acceptors (Lipinski definition) is 4. The molecule has 33 heavy (non-hydrogen) atoms. The number of ether oxygens (including phenoxy) is 1. The molecule has 0 aliphatic carbocycles. The first-order chi connectivity index (χ1) is 16.0. The van der Waals surface area contributed by atoms with Gasteiger partial charge in [0.2, 0.25) is 5.91 Å². The van der Waals surface area contributed by atoms with Crippen molar-refractivity contribution in [3.05, 3.63) is 83.9 Å². The van der Waals surface area contributed by atoms with E-state index in [-0.39, 0.29) is 12.5 Å². The van der Waals surface area contributed by atoms with Crippen LogP contribution in [0.5, 0.6) is 5.75 Å². The molecule has 0 radical (unpaired) electrons. The van der Waals surface area contributed by atoms with Crippen molar-refractivity contribution in [2.24, 2.45) is 0 Å². The Bertz CT molecular complexity index is 1180. The molecule has 1 aliphatic heterocycles. The summed E-state index contributed by atoms with van der Waals surface area (Å²) in [6, 6.07) is 22.5. The number of aryl methyl sites for hydroxylation is 1. The number of hydrazine groups is 1. The third kappa shape index (κ3) is 5.20. The molecule has 168 valence electrons. The van der Waals surface area contributed by atoms with E-state index in [0.29, 0.717) is 30.0 Å². The van der Waals surface area contributed by atoms with E-state index in [2.05, 4.69) is 10.9 Å². The molecule has 3 aromatic carbocycles. The molecule has 3 amide bonds. The van der Waals surface area contributed by atoms with Crippen molar-refractivity contribution in [1.82, 2.24) is 10.9 Å². The second-order valence-corrected chi connectivity index (χ2v) is 7.82. The first-order valence-corrected chi connectivity index (χ1v) is 10.8. The van der Waals surface area contributed by atoms with Gasteiger partial charge >= 0.3 is 0 Å². The molecular formula is C26H25N3O4. The van der Waals surface area contributed by atoms with Gasteiger partial charge in [-0.3, -0.25) is 25.2 Å². The zero-order valence-corrected chi connectivity index (χ0v) is 18.3. The number of nitrogens with zero attached hydrogens (tertiary/aromatic N) is 1. The van der Waals surface area contributed by atoms with E-state index in [0.717, 1.165) is 23.1 Å². The highest BCUT2D eigenvalue weighted by atomic mass is 16.5. The molecule has 1 aliphatic rings. The fraction of sp³-hybridized carbons (Fsp3) is 0.192. The van der Waals surface area contributed by atoms with Gasteiger partial charge in [-0.1, -0.05) is 60.2 Å². The Balaban J connectivity index is 1.38. The minimum Gasteiger partial charge on any atom is -0.483 e. The average molecular weight is 444 g/mol. The van der Waals surface area contributed by atoms with Crippen LogP contribution in [0.2, 0.25) is 0 Å². The van der Waals surface area contributed by atoms with Gasteiger partial charge in [0, 0.05) is 18.5 Å². The lowest BCUT2D eigenvalue weighted by atomic mass is 10.1. The summed E-state index contributed by atoms with van der Waals surface area (Å²) in [7, 11) is 0. The summed E-state index contributed by atoms with van der Waals surface area (Å²) >= 11 is 0. The molecule has 2 N–H and O–H groups in total. The van der Waals surface area contributed by atoms with Crippen molar-refractivity contribution in [1.29, 1.82) is 0 Å². The van der Waals surface area contributed by atoms with Crippen LogP contribution in [0.4, 0.5) is 5.69 Å². The summed E-state index contributed by atoms with van der Waals surface area (Å²) < 4.78 is 5.71. The van der Waals surface area contributed by atoms with Crippen LogP contribution in [0.25, 0.3) is 11.1 Å². The minimum absolute atomic E-state index is 0.0116. The van der Waals surface area contributed by atoms with E-state index in [1.54, 1.807) is 23.1 Å². The summed E-state index contributed by atoms with van der Waals surface area (Å²) in [4.78, 5) is 38.9. The van der Waals surface area contributed by atoms with Crippen molar-refractivity contribution in [2.45, 2.75) is 19.8 Å². The van der Waals surface area contributed by atoms with Gasteiger partial charge in [0.1, 0.15) is 5.75 Å². The van der Waals surface area contributed by atoms with Gasteiger partial charge in [-0.2, -0.15) is 0 Å². The van der Waals surface area contributed by atoms with Gasteiger partial charge in [0.25, 0.3) is 11.8 Å². The summed E-state index contributed by atoms with van der Waals surface area (Å²) in [5.74, 6) is -0.440. The predicted molar refractivity (Wildman–Crippen MR) is 126 cm³/mol.